The summed E-state index contributed by atoms with van der Waals surface area (Å²) < 4.78 is 1.28. The van der Waals surface area contributed by atoms with Crippen molar-refractivity contribution in [1.29, 1.82) is 0 Å². The molecule has 1 nitrogen and oxygen atoms in total. The third-order valence-corrected chi connectivity index (χ3v) is 5.81. The summed E-state index contributed by atoms with van der Waals surface area (Å²) in [6.45, 7) is 5.71. The maximum Gasteiger partial charge on any atom is 0.0394 e. The molecule has 1 unspecified atom stereocenters. The van der Waals surface area contributed by atoms with Crippen molar-refractivity contribution < 1.29 is 0 Å². The highest BCUT2D eigenvalue weighted by molar-refractivity contribution is 9.10. The molecule has 1 heterocycles. The van der Waals surface area contributed by atoms with E-state index in [0.29, 0.717) is 11.5 Å². The molecule has 96 valence electrons. The molecule has 1 saturated carbocycles. The molecule has 17 heavy (non-hydrogen) atoms. The predicted molar refractivity (Wildman–Crippen MR) is 79.6 cm³/mol. The van der Waals surface area contributed by atoms with Crippen LogP contribution in [0.2, 0.25) is 0 Å². The summed E-state index contributed by atoms with van der Waals surface area (Å²) in [5.41, 5.74) is 1.89. The maximum absolute atomic E-state index is 3.71. The van der Waals surface area contributed by atoms with Crippen molar-refractivity contribution in [3.63, 3.8) is 0 Å². The van der Waals surface area contributed by atoms with Crippen LogP contribution in [-0.2, 0) is 0 Å². The molecule has 1 N–H and O–H groups in total. The van der Waals surface area contributed by atoms with Gasteiger partial charge in [-0.15, -0.1) is 0 Å². The lowest BCUT2D eigenvalue weighted by Gasteiger charge is -2.41. The van der Waals surface area contributed by atoms with Gasteiger partial charge in [0, 0.05) is 15.9 Å². The first-order chi connectivity index (χ1) is 8.17. The number of nitrogens with one attached hydrogen (secondary N) is 1. The Bertz CT molecular complexity index is 355. The Morgan fingerprint density at radius 1 is 1.35 bits per heavy atom. The van der Waals surface area contributed by atoms with Gasteiger partial charge in [-0.2, -0.15) is 11.3 Å². The first-order valence-corrected chi connectivity index (χ1v) is 8.36. The van der Waals surface area contributed by atoms with Gasteiger partial charge in [0.1, 0.15) is 0 Å². The summed E-state index contributed by atoms with van der Waals surface area (Å²) in [5, 5.41) is 8.22. The largest absolute Gasteiger partial charge is 0.310 e. The molecule has 1 aliphatic rings. The van der Waals surface area contributed by atoms with E-state index in [1.807, 2.05) is 0 Å². The fraction of sp³-hybridized carbons (Fsp3) is 0.714. The Morgan fingerprint density at radius 3 is 2.59 bits per heavy atom. The van der Waals surface area contributed by atoms with Crippen molar-refractivity contribution in [2.24, 2.45) is 5.41 Å². The molecule has 0 aromatic carbocycles. The third kappa shape index (κ3) is 2.94. The van der Waals surface area contributed by atoms with Crippen LogP contribution in [0.1, 0.15) is 57.6 Å². The van der Waals surface area contributed by atoms with Crippen LogP contribution in [0.4, 0.5) is 0 Å². The van der Waals surface area contributed by atoms with Crippen LogP contribution < -0.4 is 5.32 Å². The number of hydrogen-bond donors (Lipinski definition) is 1. The smallest absolute Gasteiger partial charge is 0.0394 e. The topological polar surface area (TPSA) is 12.0 Å². The monoisotopic (exact) mass is 315 g/mol. The van der Waals surface area contributed by atoms with E-state index >= 15 is 0 Å². The highest BCUT2D eigenvalue weighted by Crippen LogP contribution is 2.47. The lowest BCUT2D eigenvalue weighted by molar-refractivity contribution is 0.146. The van der Waals surface area contributed by atoms with Gasteiger partial charge in [0.25, 0.3) is 0 Å². The molecule has 1 aromatic rings. The molecule has 3 heteroatoms. The highest BCUT2D eigenvalue weighted by Gasteiger charge is 2.36. The second-order valence-electron chi connectivity index (χ2n) is 5.38. The van der Waals surface area contributed by atoms with E-state index in [1.165, 1.54) is 42.1 Å². The molecule has 0 saturated heterocycles. The summed E-state index contributed by atoms with van der Waals surface area (Å²) >= 11 is 5.49. The molecule has 0 spiro atoms. The van der Waals surface area contributed by atoms with Gasteiger partial charge in [-0.05, 0) is 51.7 Å². The molecule has 0 radical (unpaired) electrons. The second-order valence-corrected chi connectivity index (χ2v) is 6.98. The van der Waals surface area contributed by atoms with E-state index < -0.39 is 0 Å². The molecule has 1 atom stereocenters. The molecule has 1 aromatic heterocycles. The van der Waals surface area contributed by atoms with E-state index in [1.54, 1.807) is 11.3 Å². The van der Waals surface area contributed by atoms with Crippen molar-refractivity contribution in [3.05, 3.63) is 20.8 Å². The van der Waals surface area contributed by atoms with Gasteiger partial charge in [-0.3, -0.25) is 0 Å². The van der Waals surface area contributed by atoms with Crippen LogP contribution in [0.25, 0.3) is 0 Å². The summed E-state index contributed by atoms with van der Waals surface area (Å²) in [5.74, 6) is 0. The average Bonchev–Trinajstić information content (AvgIpc) is 2.73. The summed E-state index contributed by atoms with van der Waals surface area (Å²) in [4.78, 5) is 0. The van der Waals surface area contributed by atoms with Gasteiger partial charge in [-0.25, -0.2) is 0 Å². The minimum absolute atomic E-state index is 0.428. The molecule has 0 bridgehead atoms. The molecule has 0 aliphatic heterocycles. The van der Waals surface area contributed by atoms with E-state index in [4.69, 9.17) is 0 Å². The van der Waals surface area contributed by atoms with Gasteiger partial charge >= 0.3 is 0 Å². The van der Waals surface area contributed by atoms with Crippen molar-refractivity contribution >= 4 is 27.3 Å². The third-order valence-electron chi connectivity index (χ3n) is 4.05. The zero-order chi connectivity index (χ0) is 12.3. The molecule has 1 fully saturated rings. The van der Waals surface area contributed by atoms with Gasteiger partial charge in [0.05, 0.1) is 0 Å². The minimum Gasteiger partial charge on any atom is -0.310 e. The predicted octanol–water partition coefficient (Wildman–Crippen LogP) is 5.13. The van der Waals surface area contributed by atoms with E-state index in [0.717, 1.165) is 6.54 Å². The van der Waals surface area contributed by atoms with E-state index in [2.05, 4.69) is 45.9 Å². The minimum atomic E-state index is 0.428. The van der Waals surface area contributed by atoms with Crippen LogP contribution in [0.15, 0.2) is 15.2 Å². The van der Waals surface area contributed by atoms with Gasteiger partial charge in [0.15, 0.2) is 0 Å². The average molecular weight is 316 g/mol. The zero-order valence-corrected chi connectivity index (χ0v) is 13.2. The molecule has 0 amide bonds. The second kappa shape index (κ2) is 5.85. The van der Waals surface area contributed by atoms with Crippen LogP contribution in [-0.4, -0.2) is 6.54 Å². The van der Waals surface area contributed by atoms with E-state index in [9.17, 15) is 0 Å². The van der Waals surface area contributed by atoms with Crippen LogP contribution >= 0.6 is 27.3 Å². The number of rotatable bonds is 4. The van der Waals surface area contributed by atoms with Crippen molar-refractivity contribution in [2.75, 3.05) is 6.54 Å². The van der Waals surface area contributed by atoms with Gasteiger partial charge < -0.3 is 5.32 Å². The Kier molecular flexibility index (Phi) is 4.67. The number of thiophene rings is 1. The molecular formula is C14H22BrNS. The summed E-state index contributed by atoms with van der Waals surface area (Å²) in [7, 11) is 0. The van der Waals surface area contributed by atoms with E-state index in [-0.39, 0.29) is 0 Å². The summed E-state index contributed by atoms with van der Waals surface area (Å²) in [6.07, 6.45) is 6.90. The van der Waals surface area contributed by atoms with Crippen LogP contribution in [0, 0.1) is 5.41 Å². The quantitative estimate of drug-likeness (QED) is 0.812. The molecule has 2 rings (SSSR count). The Hall–Kier alpha value is 0.140. The first-order valence-electron chi connectivity index (χ1n) is 6.62. The summed E-state index contributed by atoms with van der Waals surface area (Å²) in [6, 6.07) is 0.508. The van der Waals surface area contributed by atoms with Crippen molar-refractivity contribution in [1.82, 2.24) is 5.32 Å². The zero-order valence-electron chi connectivity index (χ0n) is 10.8. The lowest BCUT2D eigenvalue weighted by Crippen LogP contribution is -2.37. The van der Waals surface area contributed by atoms with Gasteiger partial charge in [-0.1, -0.05) is 33.1 Å². The number of halogens is 1. The molecule has 1 aliphatic carbocycles. The fourth-order valence-corrected chi connectivity index (χ4v) is 4.63. The molecular weight excluding hydrogens is 294 g/mol. The van der Waals surface area contributed by atoms with Crippen LogP contribution in [0.3, 0.4) is 0 Å². The Labute approximate surface area is 117 Å². The lowest BCUT2D eigenvalue weighted by atomic mass is 9.69. The maximum atomic E-state index is 3.71. The number of hydrogen-bond acceptors (Lipinski definition) is 2. The Morgan fingerprint density at radius 2 is 2.06 bits per heavy atom. The Balaban J connectivity index is 2.25. The highest BCUT2D eigenvalue weighted by atomic mass is 79.9. The van der Waals surface area contributed by atoms with Crippen molar-refractivity contribution in [2.45, 2.75) is 52.0 Å². The fourth-order valence-electron chi connectivity index (χ4n) is 3.08. The SMILES string of the molecule is CCNC(c1cscc1Br)C1(C)CCCCC1. The standard InChI is InChI=1S/C14H22BrNS/c1-3-16-13(11-9-17-10-12(11)15)14(2)7-5-4-6-8-14/h9-10,13,16H,3-8H2,1-2H3. The first kappa shape index (κ1) is 13.6. The van der Waals surface area contributed by atoms with Crippen molar-refractivity contribution in [3.8, 4) is 0 Å². The van der Waals surface area contributed by atoms with Crippen LogP contribution in [0.5, 0.6) is 0 Å². The normalized spacial score (nSPS) is 21.4. The van der Waals surface area contributed by atoms with Gasteiger partial charge in [0.2, 0.25) is 0 Å².